The van der Waals surface area contributed by atoms with Crippen molar-refractivity contribution in [2.75, 3.05) is 64.6 Å². The number of ketones is 1. The molecule has 0 aromatic heterocycles. The molecule has 2 aromatic carbocycles. The van der Waals surface area contributed by atoms with E-state index in [2.05, 4.69) is 4.90 Å². The number of anilines is 1. The monoisotopic (exact) mass is 505 g/mol. The molecular weight excluding hydrogens is 478 g/mol. The minimum atomic E-state index is -1.77. The fourth-order valence-electron chi connectivity index (χ4n) is 5.67. The number of aliphatic hydroxyl groups excluding tert-OH is 1. The van der Waals surface area contributed by atoms with Gasteiger partial charge in [-0.05, 0) is 24.3 Å². The Morgan fingerprint density at radius 2 is 1.68 bits per heavy atom. The highest BCUT2D eigenvalue weighted by molar-refractivity contribution is 6.50. The van der Waals surface area contributed by atoms with Crippen LogP contribution in [0, 0.1) is 0 Å². The average molecular weight is 506 g/mol. The molecule has 1 spiro atoms. The zero-order valence-electron chi connectivity index (χ0n) is 20.4. The first-order chi connectivity index (χ1) is 17.9. The number of ether oxygens (including phenoxy) is 3. The van der Waals surface area contributed by atoms with E-state index >= 15 is 0 Å². The normalized spacial score (nSPS) is 24.7. The molecule has 37 heavy (non-hydrogen) atoms. The summed E-state index contributed by atoms with van der Waals surface area (Å²) in [6.45, 7) is 3.90. The van der Waals surface area contributed by atoms with Crippen molar-refractivity contribution in [3.8, 4) is 11.5 Å². The van der Waals surface area contributed by atoms with Gasteiger partial charge < -0.3 is 29.1 Å². The molecular formula is C27H27N3O7. The van der Waals surface area contributed by atoms with Crippen molar-refractivity contribution in [2.24, 2.45) is 0 Å². The SMILES string of the molecule is CN1C(=O)[C@]2(/C(=C(\O)c3ccc4c(c3)OCCO4)C(=O)C(=O)N2CCN2CCOCC2)c2ccccc21. The van der Waals surface area contributed by atoms with E-state index in [0.29, 0.717) is 68.8 Å². The molecule has 1 N–H and O–H groups in total. The topological polar surface area (TPSA) is 109 Å². The summed E-state index contributed by atoms with van der Waals surface area (Å²) in [4.78, 5) is 46.2. The lowest BCUT2D eigenvalue weighted by Crippen LogP contribution is -2.53. The molecule has 2 saturated heterocycles. The van der Waals surface area contributed by atoms with Crippen molar-refractivity contribution in [1.82, 2.24) is 9.80 Å². The van der Waals surface area contributed by atoms with Crippen LogP contribution >= 0.6 is 0 Å². The Labute approximate surface area is 213 Å². The van der Waals surface area contributed by atoms with E-state index < -0.39 is 28.9 Å². The van der Waals surface area contributed by atoms with Crippen molar-refractivity contribution in [3.05, 3.63) is 59.2 Å². The Morgan fingerprint density at radius 3 is 2.46 bits per heavy atom. The molecule has 4 heterocycles. The zero-order chi connectivity index (χ0) is 25.7. The second-order valence-corrected chi connectivity index (χ2v) is 9.41. The Morgan fingerprint density at radius 1 is 0.946 bits per heavy atom. The fraction of sp³-hybridized carbons (Fsp3) is 0.370. The minimum absolute atomic E-state index is 0.135. The van der Waals surface area contributed by atoms with Gasteiger partial charge in [0.2, 0.25) is 0 Å². The quantitative estimate of drug-likeness (QED) is 0.377. The van der Waals surface area contributed by atoms with Crippen molar-refractivity contribution < 1.29 is 33.7 Å². The number of nitrogens with zero attached hydrogens (tertiary/aromatic N) is 3. The van der Waals surface area contributed by atoms with Gasteiger partial charge in [0.1, 0.15) is 19.0 Å². The molecule has 2 aromatic rings. The molecule has 10 nitrogen and oxygen atoms in total. The van der Waals surface area contributed by atoms with Crippen LogP contribution in [0.5, 0.6) is 11.5 Å². The lowest BCUT2D eigenvalue weighted by atomic mass is 9.82. The number of hydrogen-bond acceptors (Lipinski definition) is 8. The first-order valence-corrected chi connectivity index (χ1v) is 12.3. The Balaban J connectivity index is 1.52. The maximum Gasteiger partial charge on any atom is 0.296 e. The number of para-hydroxylation sites is 1. The predicted octanol–water partition coefficient (Wildman–Crippen LogP) is 1.34. The van der Waals surface area contributed by atoms with E-state index in [4.69, 9.17) is 14.2 Å². The van der Waals surface area contributed by atoms with Crippen molar-refractivity contribution in [3.63, 3.8) is 0 Å². The van der Waals surface area contributed by atoms with Crippen molar-refractivity contribution in [1.29, 1.82) is 0 Å². The third kappa shape index (κ3) is 3.43. The first-order valence-electron chi connectivity index (χ1n) is 12.3. The number of carbonyl (C=O) groups excluding carboxylic acids is 3. The maximum absolute atomic E-state index is 14.1. The van der Waals surface area contributed by atoms with Gasteiger partial charge in [-0.25, -0.2) is 0 Å². The Kier molecular flexibility index (Phi) is 5.65. The van der Waals surface area contributed by atoms with Crippen LogP contribution in [0.2, 0.25) is 0 Å². The molecule has 0 unspecified atom stereocenters. The summed E-state index contributed by atoms with van der Waals surface area (Å²) >= 11 is 0. The molecule has 4 aliphatic rings. The molecule has 0 radical (unpaired) electrons. The van der Waals surface area contributed by atoms with Crippen LogP contribution in [-0.4, -0.2) is 92.2 Å². The summed E-state index contributed by atoms with van der Waals surface area (Å²) < 4.78 is 16.6. The van der Waals surface area contributed by atoms with Crippen LogP contribution in [0.3, 0.4) is 0 Å². The molecule has 192 valence electrons. The molecule has 2 fully saturated rings. The van der Waals surface area contributed by atoms with Gasteiger partial charge in [-0.1, -0.05) is 18.2 Å². The number of likely N-dealkylation sites (tertiary alicyclic amines) is 1. The van der Waals surface area contributed by atoms with Crippen LogP contribution < -0.4 is 14.4 Å². The summed E-state index contributed by atoms with van der Waals surface area (Å²) in [6.07, 6.45) is 0. The first kappa shape index (κ1) is 23.5. The summed E-state index contributed by atoms with van der Waals surface area (Å²) in [5.41, 5.74) is -0.683. The van der Waals surface area contributed by atoms with Crippen LogP contribution in [-0.2, 0) is 24.7 Å². The van der Waals surface area contributed by atoms with Gasteiger partial charge >= 0.3 is 0 Å². The number of rotatable bonds is 4. The van der Waals surface area contributed by atoms with Gasteiger partial charge in [0, 0.05) is 50.0 Å². The lowest BCUT2D eigenvalue weighted by molar-refractivity contribution is -0.144. The van der Waals surface area contributed by atoms with Gasteiger partial charge in [-0.2, -0.15) is 0 Å². The standard InChI is InChI=1S/C27H27N3O7/c1-28-19-5-3-2-4-18(19)27(26(28)34)22(23(31)17-6-7-20-21(16-17)37-15-14-36-20)24(32)25(33)30(27)9-8-29-10-12-35-13-11-29/h2-7,16,31H,8-15H2,1H3/b23-22-/t27-/m1/s1. The van der Waals surface area contributed by atoms with E-state index in [9.17, 15) is 19.5 Å². The third-order valence-corrected chi connectivity index (χ3v) is 7.50. The van der Waals surface area contributed by atoms with E-state index in [1.165, 1.54) is 9.80 Å². The van der Waals surface area contributed by atoms with Gasteiger partial charge in [0.25, 0.3) is 17.6 Å². The number of fused-ring (bicyclic) bond motifs is 3. The van der Waals surface area contributed by atoms with Crippen LogP contribution in [0.25, 0.3) is 5.76 Å². The smallest absolute Gasteiger partial charge is 0.296 e. The molecule has 1 atom stereocenters. The molecule has 10 heteroatoms. The van der Waals surface area contributed by atoms with Gasteiger partial charge in [0.15, 0.2) is 17.0 Å². The van der Waals surface area contributed by atoms with Gasteiger partial charge in [-0.15, -0.1) is 0 Å². The zero-order valence-corrected chi connectivity index (χ0v) is 20.4. The summed E-state index contributed by atoms with van der Waals surface area (Å²) in [6, 6.07) is 11.9. The van der Waals surface area contributed by atoms with Crippen molar-refractivity contribution in [2.45, 2.75) is 5.54 Å². The summed E-state index contributed by atoms with van der Waals surface area (Å²) in [7, 11) is 1.61. The van der Waals surface area contributed by atoms with Crippen LogP contribution in [0.4, 0.5) is 5.69 Å². The van der Waals surface area contributed by atoms with Crippen LogP contribution in [0.1, 0.15) is 11.1 Å². The lowest BCUT2D eigenvalue weighted by Gasteiger charge is -2.36. The highest BCUT2D eigenvalue weighted by atomic mass is 16.6. The Bertz CT molecular complexity index is 1330. The number of benzene rings is 2. The number of likely N-dealkylation sites (N-methyl/N-ethyl adjacent to an activating group) is 1. The highest BCUT2D eigenvalue weighted by Gasteiger charge is 2.66. The van der Waals surface area contributed by atoms with E-state index in [1.807, 2.05) is 0 Å². The number of morpholine rings is 1. The van der Waals surface area contributed by atoms with E-state index in [0.717, 1.165) is 0 Å². The number of Topliss-reactive ketones (excluding diaryl/α,β-unsaturated/α-hetero) is 1. The number of hydrogen-bond donors (Lipinski definition) is 1. The molecule has 6 rings (SSSR count). The van der Waals surface area contributed by atoms with Crippen molar-refractivity contribution >= 4 is 29.0 Å². The molecule has 0 aliphatic carbocycles. The second kappa shape index (κ2) is 8.89. The third-order valence-electron chi connectivity index (χ3n) is 7.50. The van der Waals surface area contributed by atoms with Crippen LogP contribution in [0.15, 0.2) is 48.0 Å². The maximum atomic E-state index is 14.1. The number of amides is 2. The molecule has 0 saturated carbocycles. The fourth-order valence-corrected chi connectivity index (χ4v) is 5.67. The predicted molar refractivity (Wildman–Crippen MR) is 132 cm³/mol. The molecule has 4 aliphatic heterocycles. The molecule has 0 bridgehead atoms. The van der Waals surface area contributed by atoms with Gasteiger partial charge in [0.05, 0.1) is 18.8 Å². The minimum Gasteiger partial charge on any atom is -0.507 e. The second-order valence-electron chi connectivity index (χ2n) is 9.41. The summed E-state index contributed by atoms with van der Waals surface area (Å²) in [5, 5.41) is 11.6. The van der Waals surface area contributed by atoms with Gasteiger partial charge in [-0.3, -0.25) is 19.3 Å². The largest absolute Gasteiger partial charge is 0.507 e. The van der Waals surface area contributed by atoms with E-state index in [1.54, 1.807) is 49.5 Å². The average Bonchev–Trinajstić information content (AvgIpc) is 3.30. The summed E-state index contributed by atoms with van der Waals surface area (Å²) in [5.74, 6) is -1.66. The highest BCUT2D eigenvalue weighted by Crippen LogP contribution is 2.53. The Hall–Kier alpha value is -3.89. The number of carbonyl (C=O) groups is 3. The van der Waals surface area contributed by atoms with E-state index in [-0.39, 0.29) is 17.7 Å². The number of aliphatic hydroxyl groups is 1. The molecule has 2 amide bonds.